The van der Waals surface area contributed by atoms with Crippen LogP contribution in [0.25, 0.3) is 22.0 Å². The zero-order valence-corrected chi connectivity index (χ0v) is 22.5. The maximum absolute atomic E-state index is 13.5. The number of piperidine rings is 1. The minimum Gasteiger partial charge on any atom is -0.478 e. The average molecular weight is 525 g/mol. The number of nitrogens with zero attached hydrogens (tertiary/aromatic N) is 3. The van der Waals surface area contributed by atoms with E-state index in [9.17, 15) is 19.5 Å². The predicted molar refractivity (Wildman–Crippen MR) is 148 cm³/mol. The Labute approximate surface area is 226 Å². The minimum atomic E-state index is -0.976. The number of hydrogen-bond donors (Lipinski definition) is 2. The van der Waals surface area contributed by atoms with Gasteiger partial charge in [-0.25, -0.2) is 4.79 Å². The molecule has 2 aliphatic rings. The molecule has 1 saturated heterocycles. The number of ketones is 1. The maximum atomic E-state index is 13.5. The molecule has 0 bridgehead atoms. The number of benzene rings is 2. The lowest BCUT2D eigenvalue weighted by Crippen LogP contribution is -2.46. The van der Waals surface area contributed by atoms with Crippen LogP contribution in [0, 0.1) is 5.41 Å². The highest BCUT2D eigenvalue weighted by molar-refractivity contribution is 6.03. The molecule has 0 radical (unpaired) electrons. The van der Waals surface area contributed by atoms with E-state index < -0.39 is 5.97 Å². The highest BCUT2D eigenvalue weighted by Crippen LogP contribution is 2.44. The largest absolute Gasteiger partial charge is 0.478 e. The zero-order valence-electron chi connectivity index (χ0n) is 22.5. The molecule has 1 aliphatic carbocycles. The number of fused-ring (bicyclic) bond motifs is 2. The molecule has 3 heterocycles. The van der Waals surface area contributed by atoms with E-state index in [0.717, 1.165) is 52.5 Å². The monoisotopic (exact) mass is 524 g/mol. The molecule has 0 atom stereocenters. The van der Waals surface area contributed by atoms with E-state index in [1.807, 2.05) is 46.1 Å². The van der Waals surface area contributed by atoms with E-state index in [2.05, 4.69) is 30.9 Å². The van der Waals surface area contributed by atoms with Crippen molar-refractivity contribution in [3.8, 4) is 11.1 Å². The van der Waals surface area contributed by atoms with E-state index in [4.69, 9.17) is 0 Å². The molecule has 2 N–H and O–H groups in total. The van der Waals surface area contributed by atoms with Crippen LogP contribution in [-0.4, -0.2) is 55.5 Å². The van der Waals surface area contributed by atoms with Crippen molar-refractivity contribution >= 4 is 28.6 Å². The molecule has 8 nitrogen and oxygen atoms in total. The van der Waals surface area contributed by atoms with Crippen molar-refractivity contribution in [3.05, 3.63) is 77.2 Å². The summed E-state index contributed by atoms with van der Waals surface area (Å²) < 4.78 is 1.86. The Morgan fingerprint density at radius 1 is 1.03 bits per heavy atom. The average Bonchev–Trinajstić information content (AvgIpc) is 3.53. The molecule has 1 amide bonds. The van der Waals surface area contributed by atoms with E-state index in [-0.39, 0.29) is 28.2 Å². The third-order valence-electron chi connectivity index (χ3n) is 8.27. The van der Waals surface area contributed by atoms with E-state index in [1.165, 1.54) is 0 Å². The number of nitrogens with one attached hydrogen (secondary N) is 1. The summed E-state index contributed by atoms with van der Waals surface area (Å²) in [6, 6.07) is 14.4. The summed E-state index contributed by atoms with van der Waals surface area (Å²) in [7, 11) is 0. The second-order valence-electron chi connectivity index (χ2n) is 12.0. The van der Waals surface area contributed by atoms with E-state index in [1.54, 1.807) is 18.2 Å². The second-order valence-corrected chi connectivity index (χ2v) is 12.0. The molecule has 2 aromatic carbocycles. The van der Waals surface area contributed by atoms with Gasteiger partial charge in [0, 0.05) is 36.0 Å². The first-order chi connectivity index (χ1) is 18.5. The third kappa shape index (κ3) is 4.33. The Morgan fingerprint density at radius 3 is 2.49 bits per heavy atom. The fourth-order valence-corrected chi connectivity index (χ4v) is 6.26. The van der Waals surface area contributed by atoms with Gasteiger partial charge in [0.25, 0.3) is 5.91 Å². The number of aromatic amines is 1. The Morgan fingerprint density at radius 2 is 1.77 bits per heavy atom. The number of carbonyl (C=O) groups is 3. The number of hydrogen-bond acceptors (Lipinski definition) is 4. The van der Waals surface area contributed by atoms with Crippen LogP contribution in [0.2, 0.25) is 0 Å². The summed E-state index contributed by atoms with van der Waals surface area (Å²) in [6.07, 6.45) is 4.72. The molecule has 0 saturated carbocycles. The van der Waals surface area contributed by atoms with Gasteiger partial charge < -0.3 is 15.0 Å². The van der Waals surface area contributed by atoms with Gasteiger partial charge in [-0.15, -0.1) is 0 Å². The normalized spacial score (nSPS) is 17.0. The van der Waals surface area contributed by atoms with Crippen LogP contribution in [-0.2, 0) is 12.0 Å². The lowest BCUT2D eigenvalue weighted by Gasteiger charge is -2.43. The van der Waals surface area contributed by atoms with Crippen LogP contribution in [0.15, 0.2) is 54.7 Å². The summed E-state index contributed by atoms with van der Waals surface area (Å²) in [5.41, 5.74) is 4.60. The molecule has 8 heteroatoms. The van der Waals surface area contributed by atoms with Crippen LogP contribution in [0.3, 0.4) is 0 Å². The quantitative estimate of drug-likeness (QED) is 0.366. The van der Waals surface area contributed by atoms with Gasteiger partial charge in [-0.3, -0.25) is 14.3 Å². The van der Waals surface area contributed by atoms with Gasteiger partial charge in [0.15, 0.2) is 5.78 Å². The number of Topliss-reactive ketones (excluding diaryl/α,β-unsaturated/α-hetero) is 1. The molecule has 0 unspecified atom stereocenters. The number of carboxylic acid groups (broad SMARTS) is 1. The highest BCUT2D eigenvalue weighted by Gasteiger charge is 2.44. The number of carbonyl (C=O) groups excluding carboxylic acids is 2. The van der Waals surface area contributed by atoms with Gasteiger partial charge in [-0.2, -0.15) is 5.10 Å². The molecular weight excluding hydrogens is 492 g/mol. The standard InChI is InChI=1S/C31H32N4O4/c1-30(2,3)35-27-21(18-32-35)16-31(17-26(27)36)10-12-34(13-11-31)28(37)25-15-23-22(8-5-9-24(23)33-25)19-6-4-7-20(14-19)29(38)39/h4-9,14-15,18,33H,10-13,16-17H2,1-3H3,(H,38,39). The van der Waals surface area contributed by atoms with Crippen molar-refractivity contribution < 1.29 is 19.5 Å². The second kappa shape index (κ2) is 8.93. The Bertz CT molecular complexity index is 1630. The van der Waals surface area contributed by atoms with Crippen molar-refractivity contribution in [1.29, 1.82) is 0 Å². The Hall–Kier alpha value is -4.20. The first-order valence-corrected chi connectivity index (χ1v) is 13.4. The van der Waals surface area contributed by atoms with Gasteiger partial charge >= 0.3 is 5.97 Å². The summed E-state index contributed by atoms with van der Waals surface area (Å²) >= 11 is 0. The molecule has 1 aliphatic heterocycles. The van der Waals surface area contributed by atoms with E-state index >= 15 is 0 Å². The van der Waals surface area contributed by atoms with Gasteiger partial charge in [0.2, 0.25) is 0 Å². The number of amides is 1. The summed E-state index contributed by atoms with van der Waals surface area (Å²) in [5, 5.41) is 14.8. The zero-order chi connectivity index (χ0) is 27.5. The first-order valence-electron chi connectivity index (χ1n) is 13.4. The van der Waals surface area contributed by atoms with Gasteiger partial charge in [-0.05, 0) is 80.8 Å². The van der Waals surface area contributed by atoms with Crippen molar-refractivity contribution in [2.45, 2.75) is 52.0 Å². The van der Waals surface area contributed by atoms with Crippen molar-refractivity contribution in [2.75, 3.05) is 13.1 Å². The number of carboxylic acids is 1. The van der Waals surface area contributed by atoms with Gasteiger partial charge in [-0.1, -0.05) is 24.3 Å². The smallest absolute Gasteiger partial charge is 0.335 e. The van der Waals surface area contributed by atoms with Gasteiger partial charge in [0.1, 0.15) is 11.4 Å². The molecule has 39 heavy (non-hydrogen) atoms. The summed E-state index contributed by atoms with van der Waals surface area (Å²) in [5.74, 6) is -0.885. The number of aromatic nitrogens is 3. The van der Waals surface area contributed by atoms with Crippen LogP contribution in [0.5, 0.6) is 0 Å². The molecule has 200 valence electrons. The third-order valence-corrected chi connectivity index (χ3v) is 8.27. The van der Waals surface area contributed by atoms with Crippen molar-refractivity contribution in [3.63, 3.8) is 0 Å². The Balaban J connectivity index is 1.21. The van der Waals surface area contributed by atoms with E-state index in [0.29, 0.717) is 25.2 Å². The molecule has 6 rings (SSSR count). The van der Waals surface area contributed by atoms with Crippen molar-refractivity contribution in [2.24, 2.45) is 5.41 Å². The number of likely N-dealkylation sites (tertiary alicyclic amines) is 1. The molecule has 4 aromatic rings. The van der Waals surface area contributed by atoms with Crippen LogP contribution in [0.4, 0.5) is 0 Å². The fraction of sp³-hybridized carbons (Fsp3) is 0.355. The fourth-order valence-electron chi connectivity index (χ4n) is 6.26. The highest BCUT2D eigenvalue weighted by atomic mass is 16.4. The topological polar surface area (TPSA) is 108 Å². The predicted octanol–water partition coefficient (Wildman–Crippen LogP) is 5.54. The molecular formula is C31H32N4O4. The Kier molecular flexibility index (Phi) is 5.75. The SMILES string of the molecule is CC(C)(C)n1ncc2c1C(=O)CC1(CCN(C(=O)c3cc4c(-c5cccc(C(=O)O)c5)cccc4[nH]3)CC1)C2. The summed E-state index contributed by atoms with van der Waals surface area (Å²) in [4.78, 5) is 43.4. The van der Waals surface area contributed by atoms with Crippen LogP contribution < -0.4 is 0 Å². The lowest BCUT2D eigenvalue weighted by molar-refractivity contribution is 0.0511. The van der Waals surface area contributed by atoms with Crippen LogP contribution >= 0.6 is 0 Å². The maximum Gasteiger partial charge on any atom is 0.335 e. The summed E-state index contributed by atoms with van der Waals surface area (Å²) in [6.45, 7) is 7.36. The van der Waals surface area contributed by atoms with Gasteiger partial charge in [0.05, 0.1) is 17.3 Å². The minimum absolute atomic E-state index is 0.0605. The molecule has 1 spiro atoms. The van der Waals surface area contributed by atoms with Crippen LogP contribution in [0.1, 0.15) is 76.9 Å². The number of H-pyrrole nitrogens is 1. The first kappa shape index (κ1) is 25.1. The lowest BCUT2D eigenvalue weighted by atomic mass is 9.67. The molecule has 1 fully saturated rings. The van der Waals surface area contributed by atoms with Crippen molar-refractivity contribution in [1.82, 2.24) is 19.7 Å². The number of rotatable bonds is 3. The molecule has 2 aromatic heterocycles. The number of aromatic carboxylic acids is 1.